The summed E-state index contributed by atoms with van der Waals surface area (Å²) in [5.41, 5.74) is 0. The molecule has 0 bridgehead atoms. The van der Waals surface area contributed by atoms with Crippen molar-refractivity contribution in [1.82, 2.24) is 10.2 Å². The molecule has 2 rings (SSSR count). The maximum atomic E-state index is 5.86. The van der Waals surface area contributed by atoms with Crippen LogP contribution in [0.15, 0.2) is 30.3 Å². The zero-order chi connectivity index (χ0) is 11.9. The van der Waals surface area contributed by atoms with Gasteiger partial charge in [0.15, 0.2) is 0 Å². The zero-order valence-electron chi connectivity index (χ0n) is 10.6. The summed E-state index contributed by atoms with van der Waals surface area (Å²) in [4.78, 5) is 2.50. The molecule has 1 fully saturated rings. The number of rotatable bonds is 5. The highest BCUT2D eigenvalue weighted by atomic mass is 16.5. The van der Waals surface area contributed by atoms with E-state index in [9.17, 15) is 0 Å². The van der Waals surface area contributed by atoms with E-state index in [0.717, 1.165) is 44.9 Å². The molecule has 1 heterocycles. The van der Waals surface area contributed by atoms with Crippen molar-refractivity contribution in [3.8, 4) is 5.75 Å². The topological polar surface area (TPSA) is 24.5 Å². The van der Waals surface area contributed by atoms with Crippen molar-refractivity contribution in [3.05, 3.63) is 30.3 Å². The van der Waals surface area contributed by atoms with E-state index in [1.165, 1.54) is 0 Å². The molecule has 0 saturated carbocycles. The fourth-order valence-electron chi connectivity index (χ4n) is 2.09. The van der Waals surface area contributed by atoms with Gasteiger partial charge in [0.05, 0.1) is 6.10 Å². The quantitative estimate of drug-likeness (QED) is 0.840. The van der Waals surface area contributed by atoms with Gasteiger partial charge in [0.1, 0.15) is 5.75 Å². The number of hydrogen-bond acceptors (Lipinski definition) is 3. The van der Waals surface area contributed by atoms with Crippen LogP contribution in [0.2, 0.25) is 0 Å². The molecule has 1 saturated heterocycles. The van der Waals surface area contributed by atoms with E-state index in [1.54, 1.807) is 0 Å². The lowest BCUT2D eigenvalue weighted by Crippen LogP contribution is -2.44. The van der Waals surface area contributed by atoms with Crippen LogP contribution in [-0.4, -0.2) is 43.7 Å². The predicted octanol–water partition coefficient (Wildman–Crippen LogP) is 1.75. The summed E-state index contributed by atoms with van der Waals surface area (Å²) in [5.74, 6) is 0.973. The lowest BCUT2D eigenvalue weighted by Gasteiger charge is -2.28. The van der Waals surface area contributed by atoms with Gasteiger partial charge in [-0.05, 0) is 25.5 Å². The second-order valence-electron chi connectivity index (χ2n) is 4.62. The number of hydrogen-bond donors (Lipinski definition) is 1. The van der Waals surface area contributed by atoms with E-state index in [0.29, 0.717) is 0 Å². The fraction of sp³-hybridized carbons (Fsp3) is 0.571. The van der Waals surface area contributed by atoms with Gasteiger partial charge in [-0.15, -0.1) is 0 Å². The zero-order valence-corrected chi connectivity index (χ0v) is 10.6. The van der Waals surface area contributed by atoms with Gasteiger partial charge in [-0.1, -0.05) is 18.2 Å². The van der Waals surface area contributed by atoms with E-state index < -0.39 is 0 Å². The lowest BCUT2D eigenvalue weighted by molar-refractivity contribution is 0.167. The summed E-state index contributed by atoms with van der Waals surface area (Å²) < 4.78 is 5.86. The first-order valence-electron chi connectivity index (χ1n) is 6.49. The summed E-state index contributed by atoms with van der Waals surface area (Å²) in [7, 11) is 0. The Kier molecular flexibility index (Phi) is 4.83. The molecule has 0 amide bonds. The highest BCUT2D eigenvalue weighted by Gasteiger charge is 2.11. The number of benzene rings is 1. The summed E-state index contributed by atoms with van der Waals surface area (Å²) in [6.07, 6.45) is 1.38. The van der Waals surface area contributed by atoms with Gasteiger partial charge >= 0.3 is 0 Å². The van der Waals surface area contributed by atoms with E-state index in [2.05, 4.69) is 17.1 Å². The third kappa shape index (κ3) is 4.36. The van der Waals surface area contributed by atoms with E-state index in [-0.39, 0.29) is 6.10 Å². The Morgan fingerprint density at radius 3 is 2.65 bits per heavy atom. The maximum Gasteiger partial charge on any atom is 0.119 e. The Morgan fingerprint density at radius 2 is 1.94 bits per heavy atom. The second-order valence-corrected chi connectivity index (χ2v) is 4.62. The number of para-hydroxylation sites is 1. The minimum Gasteiger partial charge on any atom is -0.491 e. The Morgan fingerprint density at radius 1 is 1.24 bits per heavy atom. The maximum absolute atomic E-state index is 5.86. The van der Waals surface area contributed by atoms with Crippen molar-refractivity contribution in [2.75, 3.05) is 32.7 Å². The van der Waals surface area contributed by atoms with Gasteiger partial charge in [-0.2, -0.15) is 0 Å². The molecular formula is C14H22N2O. The molecule has 0 aliphatic carbocycles. The number of nitrogens with one attached hydrogen (secondary N) is 1. The van der Waals surface area contributed by atoms with Crippen LogP contribution in [0.3, 0.4) is 0 Å². The van der Waals surface area contributed by atoms with Crippen LogP contribution < -0.4 is 10.1 Å². The van der Waals surface area contributed by atoms with E-state index >= 15 is 0 Å². The summed E-state index contributed by atoms with van der Waals surface area (Å²) in [5, 5.41) is 3.37. The second kappa shape index (κ2) is 6.62. The molecule has 17 heavy (non-hydrogen) atoms. The molecule has 1 aliphatic rings. The molecule has 94 valence electrons. The van der Waals surface area contributed by atoms with Gasteiger partial charge < -0.3 is 15.0 Å². The largest absolute Gasteiger partial charge is 0.491 e. The predicted molar refractivity (Wildman–Crippen MR) is 70.5 cm³/mol. The average Bonchev–Trinajstić information content (AvgIpc) is 2.39. The Hall–Kier alpha value is -1.06. The molecule has 3 heteroatoms. The van der Waals surface area contributed by atoms with Gasteiger partial charge in [0.2, 0.25) is 0 Å². The van der Waals surface area contributed by atoms with Crippen LogP contribution in [0.4, 0.5) is 0 Å². The minimum atomic E-state index is 0.285. The van der Waals surface area contributed by atoms with Gasteiger partial charge in [-0.25, -0.2) is 0 Å². The number of ether oxygens (including phenoxy) is 1. The molecule has 1 aromatic carbocycles. The minimum absolute atomic E-state index is 0.285. The Balaban J connectivity index is 1.68. The van der Waals surface area contributed by atoms with Crippen molar-refractivity contribution in [1.29, 1.82) is 0 Å². The van der Waals surface area contributed by atoms with Crippen LogP contribution in [0.1, 0.15) is 13.3 Å². The van der Waals surface area contributed by atoms with Gasteiger partial charge in [0.25, 0.3) is 0 Å². The van der Waals surface area contributed by atoms with Crippen LogP contribution >= 0.6 is 0 Å². The molecule has 1 unspecified atom stereocenters. The highest BCUT2D eigenvalue weighted by molar-refractivity contribution is 5.21. The Labute approximate surface area is 104 Å². The first kappa shape index (κ1) is 12.4. The lowest BCUT2D eigenvalue weighted by atomic mass is 10.2. The van der Waals surface area contributed by atoms with Gasteiger partial charge in [0, 0.05) is 32.7 Å². The normalized spacial score (nSPS) is 18.9. The van der Waals surface area contributed by atoms with E-state index in [4.69, 9.17) is 4.74 Å². The van der Waals surface area contributed by atoms with E-state index in [1.807, 2.05) is 30.3 Å². The molecule has 3 nitrogen and oxygen atoms in total. The standard InChI is InChI=1S/C14H22N2O/c1-13(17-14-5-3-2-4-6-14)7-10-16-11-8-15-9-12-16/h2-6,13,15H,7-12H2,1H3. The number of nitrogens with zero attached hydrogens (tertiary/aromatic N) is 1. The highest BCUT2D eigenvalue weighted by Crippen LogP contribution is 2.12. The van der Waals surface area contributed by atoms with Crippen molar-refractivity contribution in [3.63, 3.8) is 0 Å². The molecule has 0 aromatic heterocycles. The van der Waals surface area contributed by atoms with Crippen molar-refractivity contribution >= 4 is 0 Å². The van der Waals surface area contributed by atoms with Crippen LogP contribution in [0.25, 0.3) is 0 Å². The molecule has 1 aliphatic heterocycles. The molecular weight excluding hydrogens is 212 g/mol. The molecule has 1 aromatic rings. The third-order valence-electron chi connectivity index (χ3n) is 3.14. The third-order valence-corrected chi connectivity index (χ3v) is 3.14. The first-order chi connectivity index (χ1) is 8.34. The SMILES string of the molecule is CC(CCN1CCNCC1)Oc1ccccc1. The molecule has 0 spiro atoms. The van der Waals surface area contributed by atoms with Crippen molar-refractivity contribution < 1.29 is 4.74 Å². The summed E-state index contributed by atoms with van der Waals surface area (Å²) in [6, 6.07) is 10.1. The first-order valence-corrected chi connectivity index (χ1v) is 6.49. The van der Waals surface area contributed by atoms with Crippen molar-refractivity contribution in [2.24, 2.45) is 0 Å². The molecule has 1 atom stereocenters. The monoisotopic (exact) mass is 234 g/mol. The van der Waals surface area contributed by atoms with Crippen LogP contribution in [0.5, 0.6) is 5.75 Å². The van der Waals surface area contributed by atoms with Crippen LogP contribution in [0, 0.1) is 0 Å². The fourth-order valence-corrected chi connectivity index (χ4v) is 2.09. The summed E-state index contributed by atoms with van der Waals surface area (Å²) in [6.45, 7) is 7.85. The van der Waals surface area contributed by atoms with Crippen LogP contribution in [-0.2, 0) is 0 Å². The smallest absolute Gasteiger partial charge is 0.119 e. The average molecular weight is 234 g/mol. The van der Waals surface area contributed by atoms with Crippen molar-refractivity contribution in [2.45, 2.75) is 19.4 Å². The molecule has 0 radical (unpaired) electrons. The Bertz CT molecular complexity index is 309. The summed E-state index contributed by atoms with van der Waals surface area (Å²) >= 11 is 0. The van der Waals surface area contributed by atoms with Gasteiger partial charge in [-0.3, -0.25) is 0 Å². The number of piperazine rings is 1. The molecule has 1 N–H and O–H groups in total.